The molecule has 1 fully saturated rings. The highest BCUT2D eigenvalue weighted by Crippen LogP contribution is 2.26. The highest BCUT2D eigenvalue weighted by molar-refractivity contribution is 6.21. The lowest BCUT2D eigenvalue weighted by molar-refractivity contribution is -0.137. The van der Waals surface area contributed by atoms with Crippen LogP contribution in [0.1, 0.15) is 77.6 Å². The van der Waals surface area contributed by atoms with Crippen LogP contribution < -0.4 is 0 Å². The van der Waals surface area contributed by atoms with Crippen LogP contribution in [-0.2, 0) is 4.79 Å². The lowest BCUT2D eigenvalue weighted by Crippen LogP contribution is -2.34. The Morgan fingerprint density at radius 3 is 2.72 bits per heavy atom. The van der Waals surface area contributed by atoms with Gasteiger partial charge in [-0.1, -0.05) is 38.3 Å². The molecule has 3 unspecified atom stereocenters. The minimum atomic E-state index is -0.729. The first kappa shape index (κ1) is 22.5. The number of hydrogen-bond acceptors (Lipinski definition) is 3. The van der Waals surface area contributed by atoms with E-state index >= 15 is 0 Å². The fourth-order valence-electron chi connectivity index (χ4n) is 3.48. The van der Waals surface area contributed by atoms with Gasteiger partial charge in [0.15, 0.2) is 0 Å². The van der Waals surface area contributed by atoms with Gasteiger partial charge in [0.25, 0.3) is 0 Å². The maximum absolute atomic E-state index is 10.5. The van der Waals surface area contributed by atoms with Crippen LogP contribution in [0.25, 0.3) is 0 Å². The van der Waals surface area contributed by atoms with E-state index in [2.05, 4.69) is 24.0 Å². The van der Waals surface area contributed by atoms with Crippen molar-refractivity contribution in [3.63, 3.8) is 0 Å². The molecule has 0 aromatic carbocycles. The Bertz CT molecular complexity index is 389. The smallest absolute Gasteiger partial charge is 0.303 e. The van der Waals surface area contributed by atoms with Crippen LogP contribution in [0.3, 0.4) is 0 Å². The van der Waals surface area contributed by atoms with Gasteiger partial charge >= 0.3 is 5.97 Å². The summed E-state index contributed by atoms with van der Waals surface area (Å²) in [6, 6.07) is 0.370. The third-order valence-corrected chi connectivity index (χ3v) is 5.52. The molecule has 1 heterocycles. The van der Waals surface area contributed by atoms with E-state index in [9.17, 15) is 9.90 Å². The van der Waals surface area contributed by atoms with Crippen molar-refractivity contribution in [2.75, 3.05) is 13.1 Å². The van der Waals surface area contributed by atoms with Gasteiger partial charge < -0.3 is 10.2 Å². The first-order valence-corrected chi connectivity index (χ1v) is 10.4. The van der Waals surface area contributed by atoms with Gasteiger partial charge in [-0.2, -0.15) is 0 Å². The molecule has 2 N–H and O–H groups in total. The molecule has 1 aliphatic heterocycles. The van der Waals surface area contributed by atoms with Gasteiger partial charge in [0, 0.05) is 12.5 Å². The molecule has 25 heavy (non-hydrogen) atoms. The van der Waals surface area contributed by atoms with E-state index in [1.54, 1.807) is 0 Å². The van der Waals surface area contributed by atoms with Gasteiger partial charge in [-0.25, -0.2) is 0 Å². The number of unbranched alkanes of at least 4 members (excludes halogenated alkanes) is 3. The maximum Gasteiger partial charge on any atom is 0.303 e. The van der Waals surface area contributed by atoms with Gasteiger partial charge in [0.1, 0.15) is 0 Å². The van der Waals surface area contributed by atoms with E-state index < -0.39 is 5.97 Å². The van der Waals surface area contributed by atoms with Crippen LogP contribution in [0.5, 0.6) is 0 Å². The Labute approximate surface area is 158 Å². The van der Waals surface area contributed by atoms with Gasteiger partial charge in [0.05, 0.1) is 11.5 Å². The molecule has 1 rings (SSSR count). The second-order valence-electron chi connectivity index (χ2n) is 7.19. The number of aliphatic hydroxyl groups is 1. The van der Waals surface area contributed by atoms with Crippen molar-refractivity contribution in [2.45, 2.75) is 95.1 Å². The van der Waals surface area contributed by atoms with Crippen molar-refractivity contribution >= 4 is 17.6 Å². The van der Waals surface area contributed by atoms with Crippen molar-refractivity contribution < 1.29 is 15.0 Å². The van der Waals surface area contributed by atoms with Crippen LogP contribution in [-0.4, -0.2) is 51.7 Å². The molecule has 1 saturated heterocycles. The van der Waals surface area contributed by atoms with Crippen LogP contribution in [0.2, 0.25) is 0 Å². The average Bonchev–Trinajstić information content (AvgIpc) is 2.91. The van der Waals surface area contributed by atoms with Crippen LogP contribution >= 0.6 is 11.6 Å². The van der Waals surface area contributed by atoms with E-state index in [0.717, 1.165) is 58.0 Å². The summed E-state index contributed by atoms with van der Waals surface area (Å²) in [7, 11) is 0. The summed E-state index contributed by atoms with van der Waals surface area (Å²) in [6.45, 7) is 4.23. The molecule has 0 saturated carbocycles. The zero-order chi connectivity index (χ0) is 18.5. The van der Waals surface area contributed by atoms with Gasteiger partial charge in [0.2, 0.25) is 0 Å². The zero-order valence-corrected chi connectivity index (χ0v) is 16.5. The summed E-state index contributed by atoms with van der Waals surface area (Å²) in [5.41, 5.74) is 0. The summed E-state index contributed by atoms with van der Waals surface area (Å²) >= 11 is 6.48. The highest BCUT2D eigenvalue weighted by atomic mass is 35.5. The van der Waals surface area contributed by atoms with Gasteiger partial charge in [-0.15, -0.1) is 11.6 Å². The SMILES string of the molecule is CCCCCC(O)CCCN1CCC(Cl)C1C/C=C/CCCC(=O)O. The Kier molecular flexibility index (Phi) is 12.2. The fraction of sp³-hybridized carbons (Fsp3) is 0.850. The summed E-state index contributed by atoms with van der Waals surface area (Å²) in [5.74, 6) is -0.729. The number of carboxylic acids is 1. The molecule has 4 nitrogen and oxygen atoms in total. The summed E-state index contributed by atoms with van der Waals surface area (Å²) in [4.78, 5) is 12.9. The average molecular weight is 374 g/mol. The summed E-state index contributed by atoms with van der Waals surface area (Å²) in [6.07, 6.45) is 14.1. The van der Waals surface area contributed by atoms with Crippen molar-refractivity contribution in [2.24, 2.45) is 0 Å². The number of hydrogen-bond donors (Lipinski definition) is 2. The number of aliphatic hydroxyl groups excluding tert-OH is 1. The minimum Gasteiger partial charge on any atom is -0.481 e. The predicted octanol–water partition coefficient (Wildman–Crippen LogP) is 4.59. The second-order valence-corrected chi connectivity index (χ2v) is 7.75. The molecular formula is C20H36ClNO3. The Morgan fingerprint density at radius 1 is 1.24 bits per heavy atom. The van der Waals surface area contributed by atoms with E-state index in [-0.39, 0.29) is 17.9 Å². The first-order chi connectivity index (χ1) is 12.0. The number of alkyl halides is 1. The normalized spacial score (nSPS) is 22.7. The van der Waals surface area contributed by atoms with Crippen LogP contribution in [0, 0.1) is 0 Å². The van der Waals surface area contributed by atoms with Crippen molar-refractivity contribution in [3.05, 3.63) is 12.2 Å². The number of nitrogens with zero attached hydrogens (tertiary/aromatic N) is 1. The second kappa shape index (κ2) is 13.6. The molecule has 0 aliphatic carbocycles. The number of rotatable bonds is 14. The van der Waals surface area contributed by atoms with Crippen LogP contribution in [0.15, 0.2) is 12.2 Å². The molecule has 146 valence electrons. The Hall–Kier alpha value is -0.580. The molecule has 3 atom stereocenters. The number of halogens is 1. The Balaban J connectivity index is 2.21. The first-order valence-electron chi connectivity index (χ1n) is 9.97. The largest absolute Gasteiger partial charge is 0.481 e. The number of carboxylic acid groups (broad SMARTS) is 1. The van der Waals surface area contributed by atoms with Crippen molar-refractivity contribution in [1.29, 1.82) is 0 Å². The van der Waals surface area contributed by atoms with Gasteiger partial charge in [-0.05, 0) is 58.0 Å². The lowest BCUT2D eigenvalue weighted by atomic mass is 10.1. The van der Waals surface area contributed by atoms with Crippen LogP contribution in [0.4, 0.5) is 0 Å². The number of carbonyl (C=O) groups is 1. The summed E-state index contributed by atoms with van der Waals surface area (Å²) < 4.78 is 0. The molecular weight excluding hydrogens is 338 g/mol. The third-order valence-electron chi connectivity index (χ3n) is 5.01. The third kappa shape index (κ3) is 10.2. The molecule has 0 radical (unpaired) electrons. The quantitative estimate of drug-likeness (QED) is 0.265. The standard InChI is InChI=1S/C20H36ClNO3/c1-2-3-6-10-17(23)11-9-15-22-16-14-18(21)19(22)12-7-4-5-8-13-20(24)25/h4,7,17-19,23H,2-3,5-6,8-16H2,1H3,(H,24,25)/b7-4+. The Morgan fingerprint density at radius 2 is 2.00 bits per heavy atom. The van der Waals surface area contributed by atoms with Crippen molar-refractivity contribution in [3.8, 4) is 0 Å². The molecule has 0 spiro atoms. The minimum absolute atomic E-state index is 0.159. The molecule has 0 amide bonds. The maximum atomic E-state index is 10.5. The monoisotopic (exact) mass is 373 g/mol. The molecule has 5 heteroatoms. The topological polar surface area (TPSA) is 60.8 Å². The van der Waals surface area contributed by atoms with E-state index in [4.69, 9.17) is 16.7 Å². The fourth-order valence-corrected chi connectivity index (χ4v) is 3.84. The molecule has 1 aliphatic rings. The van der Waals surface area contributed by atoms with Crippen molar-refractivity contribution in [1.82, 2.24) is 4.90 Å². The summed E-state index contributed by atoms with van der Waals surface area (Å²) in [5, 5.41) is 18.9. The van der Waals surface area contributed by atoms with E-state index in [1.807, 2.05) is 0 Å². The zero-order valence-electron chi connectivity index (χ0n) is 15.7. The molecule has 0 aromatic heterocycles. The predicted molar refractivity (Wildman–Crippen MR) is 104 cm³/mol. The van der Waals surface area contributed by atoms with E-state index in [0.29, 0.717) is 12.5 Å². The number of aliphatic carboxylic acids is 1. The highest BCUT2D eigenvalue weighted by Gasteiger charge is 2.31. The lowest BCUT2D eigenvalue weighted by Gasteiger charge is -2.25. The van der Waals surface area contributed by atoms with E-state index in [1.165, 1.54) is 12.8 Å². The molecule has 0 bridgehead atoms. The number of allylic oxidation sites excluding steroid dienone is 1. The molecule has 0 aromatic rings. The van der Waals surface area contributed by atoms with Gasteiger partial charge in [-0.3, -0.25) is 9.69 Å². The number of likely N-dealkylation sites (tertiary alicyclic amines) is 1.